The lowest BCUT2D eigenvalue weighted by molar-refractivity contribution is 0.151. The molecule has 0 amide bonds. The SMILES string of the molecule is Cl.Fc1ccc(-n2ccc(CN3CCNCC3c3cccc(F)c3)n2)cc1. The van der Waals surface area contributed by atoms with Gasteiger partial charge >= 0.3 is 0 Å². The summed E-state index contributed by atoms with van der Waals surface area (Å²) >= 11 is 0. The van der Waals surface area contributed by atoms with Crippen LogP contribution < -0.4 is 5.32 Å². The first kappa shape index (κ1) is 19.5. The van der Waals surface area contributed by atoms with Crippen molar-refractivity contribution in [2.24, 2.45) is 0 Å². The molecule has 1 unspecified atom stereocenters. The lowest BCUT2D eigenvalue weighted by atomic mass is 10.0. The second kappa shape index (κ2) is 8.61. The number of nitrogens with one attached hydrogen (secondary N) is 1. The molecule has 2 aromatic carbocycles. The number of aromatic nitrogens is 2. The zero-order valence-corrected chi connectivity index (χ0v) is 15.5. The molecule has 0 spiro atoms. The molecule has 1 N–H and O–H groups in total. The van der Waals surface area contributed by atoms with Crippen LogP contribution in [0.3, 0.4) is 0 Å². The molecule has 0 bridgehead atoms. The summed E-state index contributed by atoms with van der Waals surface area (Å²) in [7, 11) is 0. The Balaban J connectivity index is 0.00000210. The smallest absolute Gasteiger partial charge is 0.123 e. The molecule has 142 valence electrons. The topological polar surface area (TPSA) is 33.1 Å². The highest BCUT2D eigenvalue weighted by molar-refractivity contribution is 5.85. The Morgan fingerprint density at radius 2 is 1.85 bits per heavy atom. The zero-order chi connectivity index (χ0) is 17.9. The molecule has 4 nitrogen and oxygen atoms in total. The summed E-state index contributed by atoms with van der Waals surface area (Å²) in [5.41, 5.74) is 2.72. The van der Waals surface area contributed by atoms with Gasteiger partial charge in [-0.15, -0.1) is 12.4 Å². The number of nitrogens with zero attached hydrogens (tertiary/aromatic N) is 3. The number of piperazine rings is 1. The predicted molar refractivity (Wildman–Crippen MR) is 103 cm³/mol. The Morgan fingerprint density at radius 3 is 2.63 bits per heavy atom. The van der Waals surface area contributed by atoms with Crippen LogP contribution in [0.25, 0.3) is 5.69 Å². The minimum Gasteiger partial charge on any atom is -0.314 e. The fraction of sp³-hybridized carbons (Fsp3) is 0.250. The average molecular weight is 391 g/mol. The Morgan fingerprint density at radius 1 is 1.04 bits per heavy atom. The second-order valence-corrected chi connectivity index (χ2v) is 6.47. The summed E-state index contributed by atoms with van der Waals surface area (Å²) < 4.78 is 28.4. The van der Waals surface area contributed by atoms with Crippen LogP contribution in [0.5, 0.6) is 0 Å². The average Bonchev–Trinajstić information content (AvgIpc) is 3.11. The molecule has 1 aromatic heterocycles. The molecule has 0 radical (unpaired) electrons. The normalized spacial score (nSPS) is 17.5. The van der Waals surface area contributed by atoms with Gasteiger partial charge in [0, 0.05) is 38.4 Å². The first-order valence-corrected chi connectivity index (χ1v) is 8.70. The van der Waals surface area contributed by atoms with Crippen LogP contribution in [0.2, 0.25) is 0 Å². The zero-order valence-electron chi connectivity index (χ0n) is 14.7. The van der Waals surface area contributed by atoms with E-state index in [2.05, 4.69) is 15.3 Å². The van der Waals surface area contributed by atoms with Gasteiger partial charge in [-0.25, -0.2) is 13.5 Å². The summed E-state index contributed by atoms with van der Waals surface area (Å²) in [5, 5.41) is 7.99. The van der Waals surface area contributed by atoms with Crippen LogP contribution in [0.1, 0.15) is 17.3 Å². The van der Waals surface area contributed by atoms with Crippen molar-refractivity contribution in [3.8, 4) is 5.69 Å². The van der Waals surface area contributed by atoms with Crippen molar-refractivity contribution in [3.05, 3.63) is 83.7 Å². The third kappa shape index (κ3) is 4.53. The van der Waals surface area contributed by atoms with Crippen LogP contribution in [-0.2, 0) is 6.54 Å². The van der Waals surface area contributed by atoms with Crippen LogP contribution >= 0.6 is 12.4 Å². The summed E-state index contributed by atoms with van der Waals surface area (Å²) in [6.45, 7) is 3.22. The highest BCUT2D eigenvalue weighted by Crippen LogP contribution is 2.24. The molecule has 3 aromatic rings. The van der Waals surface area contributed by atoms with Crippen LogP contribution in [0.15, 0.2) is 60.8 Å². The molecule has 4 rings (SSSR count). The minimum absolute atomic E-state index is 0. The van der Waals surface area contributed by atoms with E-state index in [4.69, 9.17) is 0 Å². The molecule has 27 heavy (non-hydrogen) atoms. The van der Waals surface area contributed by atoms with E-state index in [1.807, 2.05) is 18.3 Å². The monoisotopic (exact) mass is 390 g/mol. The van der Waals surface area contributed by atoms with E-state index < -0.39 is 0 Å². The quantitative estimate of drug-likeness (QED) is 0.737. The van der Waals surface area contributed by atoms with E-state index in [-0.39, 0.29) is 30.1 Å². The Hall–Kier alpha value is -2.28. The Bertz CT molecular complexity index is 882. The van der Waals surface area contributed by atoms with Gasteiger partial charge in [0.05, 0.1) is 11.4 Å². The van der Waals surface area contributed by atoms with Crippen molar-refractivity contribution >= 4 is 12.4 Å². The van der Waals surface area contributed by atoms with E-state index in [9.17, 15) is 8.78 Å². The van der Waals surface area contributed by atoms with Crippen molar-refractivity contribution in [3.63, 3.8) is 0 Å². The van der Waals surface area contributed by atoms with Gasteiger partial charge in [-0.2, -0.15) is 5.10 Å². The van der Waals surface area contributed by atoms with Gasteiger partial charge in [-0.05, 0) is 48.0 Å². The van der Waals surface area contributed by atoms with Crippen molar-refractivity contribution in [2.45, 2.75) is 12.6 Å². The van der Waals surface area contributed by atoms with Crippen LogP contribution in [-0.4, -0.2) is 34.3 Å². The molecule has 1 aliphatic rings. The molecule has 0 saturated carbocycles. The van der Waals surface area contributed by atoms with Crippen molar-refractivity contribution in [1.29, 1.82) is 0 Å². The molecule has 7 heteroatoms. The van der Waals surface area contributed by atoms with Gasteiger partial charge in [0.15, 0.2) is 0 Å². The third-order valence-corrected chi connectivity index (χ3v) is 4.69. The standard InChI is InChI=1S/C20H20F2N4.ClH/c21-16-4-6-19(7-5-16)26-10-8-18(24-26)14-25-11-9-23-13-20(25)15-2-1-3-17(22)12-15;/h1-8,10,12,20,23H,9,11,13-14H2;1H. The summed E-state index contributed by atoms with van der Waals surface area (Å²) in [4.78, 5) is 2.31. The van der Waals surface area contributed by atoms with Gasteiger partial charge in [-0.1, -0.05) is 12.1 Å². The molecule has 2 heterocycles. The predicted octanol–water partition coefficient (Wildman–Crippen LogP) is 3.72. The van der Waals surface area contributed by atoms with Crippen LogP contribution in [0, 0.1) is 11.6 Å². The lowest BCUT2D eigenvalue weighted by Gasteiger charge is -2.36. The van der Waals surface area contributed by atoms with E-state index in [0.717, 1.165) is 36.6 Å². The minimum atomic E-state index is -0.264. The molecule has 1 atom stereocenters. The first-order chi connectivity index (χ1) is 12.7. The number of hydrogen-bond donors (Lipinski definition) is 1. The highest BCUT2D eigenvalue weighted by Gasteiger charge is 2.24. The third-order valence-electron chi connectivity index (χ3n) is 4.69. The summed E-state index contributed by atoms with van der Waals surface area (Å²) in [6, 6.07) is 15.1. The fourth-order valence-corrected chi connectivity index (χ4v) is 3.37. The van der Waals surface area contributed by atoms with Gasteiger partial charge in [-0.3, -0.25) is 4.90 Å². The largest absolute Gasteiger partial charge is 0.314 e. The number of hydrogen-bond acceptors (Lipinski definition) is 3. The number of benzene rings is 2. The van der Waals surface area contributed by atoms with E-state index in [1.54, 1.807) is 28.9 Å². The Kier molecular flexibility index (Phi) is 6.21. The maximum Gasteiger partial charge on any atom is 0.123 e. The van der Waals surface area contributed by atoms with Gasteiger partial charge in [0.2, 0.25) is 0 Å². The van der Waals surface area contributed by atoms with Gasteiger partial charge < -0.3 is 5.32 Å². The summed E-state index contributed by atoms with van der Waals surface area (Å²) in [6.07, 6.45) is 1.88. The second-order valence-electron chi connectivity index (χ2n) is 6.47. The molecule has 0 aliphatic carbocycles. The lowest BCUT2D eigenvalue weighted by Crippen LogP contribution is -2.45. The Labute approximate surface area is 163 Å². The van der Waals surface area contributed by atoms with Crippen molar-refractivity contribution in [2.75, 3.05) is 19.6 Å². The molecular weight excluding hydrogens is 370 g/mol. The first-order valence-electron chi connectivity index (χ1n) is 8.70. The number of rotatable bonds is 4. The molecule has 1 aliphatic heterocycles. The molecule has 1 saturated heterocycles. The van der Waals surface area contributed by atoms with Crippen molar-refractivity contribution < 1.29 is 8.78 Å². The summed E-state index contributed by atoms with van der Waals surface area (Å²) in [5.74, 6) is -0.478. The maximum atomic E-state index is 13.6. The van der Waals surface area contributed by atoms with Crippen molar-refractivity contribution in [1.82, 2.24) is 20.0 Å². The molecular formula is C20H21ClF2N4. The van der Waals surface area contributed by atoms with E-state index >= 15 is 0 Å². The van der Waals surface area contributed by atoms with Gasteiger partial charge in [0.25, 0.3) is 0 Å². The van der Waals surface area contributed by atoms with E-state index in [0.29, 0.717) is 6.54 Å². The van der Waals surface area contributed by atoms with Crippen LogP contribution in [0.4, 0.5) is 8.78 Å². The number of halogens is 3. The fourth-order valence-electron chi connectivity index (χ4n) is 3.37. The highest BCUT2D eigenvalue weighted by atomic mass is 35.5. The molecule has 1 fully saturated rings. The van der Waals surface area contributed by atoms with Gasteiger partial charge in [0.1, 0.15) is 11.6 Å². The maximum absolute atomic E-state index is 13.6. The van der Waals surface area contributed by atoms with E-state index in [1.165, 1.54) is 18.2 Å².